The van der Waals surface area contributed by atoms with Crippen molar-refractivity contribution in [3.05, 3.63) is 64.1 Å². The van der Waals surface area contributed by atoms with Crippen LogP contribution in [0.3, 0.4) is 0 Å². The number of nitrogens with one attached hydrogen (secondary N) is 1. The Bertz CT molecular complexity index is 1450. The minimum atomic E-state index is -0.758. The first-order valence-electron chi connectivity index (χ1n) is 15.0. The van der Waals surface area contributed by atoms with Gasteiger partial charge < -0.3 is 15.2 Å². The quantitative estimate of drug-likeness (QED) is 0.385. The van der Waals surface area contributed by atoms with E-state index >= 15 is 0 Å². The Morgan fingerprint density at radius 2 is 1.71 bits per heavy atom. The minimum Gasteiger partial charge on any atom is -0.481 e. The van der Waals surface area contributed by atoms with Crippen LogP contribution < -0.4 is 10.9 Å². The van der Waals surface area contributed by atoms with E-state index in [4.69, 9.17) is 9.72 Å². The van der Waals surface area contributed by atoms with Crippen molar-refractivity contribution in [1.29, 1.82) is 0 Å². The molecule has 1 aromatic carbocycles. The van der Waals surface area contributed by atoms with Crippen LogP contribution in [0.15, 0.2) is 47.4 Å². The van der Waals surface area contributed by atoms with Gasteiger partial charge >= 0.3 is 5.97 Å². The molecule has 3 aromatic rings. The lowest BCUT2D eigenvalue weighted by molar-refractivity contribution is -0.148. The second-order valence-electron chi connectivity index (χ2n) is 12.7. The lowest BCUT2D eigenvalue weighted by Crippen LogP contribution is -2.58. The van der Waals surface area contributed by atoms with Crippen molar-refractivity contribution in [1.82, 2.24) is 24.3 Å². The number of ether oxygens (including phenoxy) is 1. The van der Waals surface area contributed by atoms with Crippen LogP contribution in [0.5, 0.6) is 0 Å². The van der Waals surface area contributed by atoms with Gasteiger partial charge in [0.2, 0.25) is 5.95 Å². The molecule has 42 heavy (non-hydrogen) atoms. The monoisotopic (exact) mass is 576 g/mol. The molecule has 0 saturated carbocycles. The summed E-state index contributed by atoms with van der Waals surface area (Å²) in [6.45, 7) is 15.2. The van der Waals surface area contributed by atoms with E-state index in [2.05, 4.69) is 51.3 Å². The standard InChI is InChI=1S/C32H44N6O4/c1-22(2)38-27(39)11-8-25-20-33-30(35-28(25)38)34-23(3)24-6-9-26(10-7-24)32(12-18-42-19-13-32)37-16-14-36(15-17-37)21-31(4,5)29(40)41/h6-11,20,22-23H,12-19,21H2,1-5H3,(H,40,41)(H,33,34,35)/t23-/m0/s1. The summed E-state index contributed by atoms with van der Waals surface area (Å²) in [5.74, 6) is -0.262. The lowest BCUT2D eigenvalue weighted by atomic mass is 9.80. The van der Waals surface area contributed by atoms with E-state index in [9.17, 15) is 14.7 Å². The third-order valence-corrected chi connectivity index (χ3v) is 8.97. The molecule has 0 unspecified atom stereocenters. The van der Waals surface area contributed by atoms with E-state index in [0.717, 1.165) is 63.2 Å². The van der Waals surface area contributed by atoms with E-state index in [0.29, 0.717) is 18.1 Å². The van der Waals surface area contributed by atoms with Crippen molar-refractivity contribution in [2.24, 2.45) is 5.41 Å². The van der Waals surface area contributed by atoms with E-state index in [1.54, 1.807) is 36.7 Å². The number of carboxylic acids is 1. The van der Waals surface area contributed by atoms with Crippen LogP contribution >= 0.6 is 0 Å². The molecule has 226 valence electrons. The summed E-state index contributed by atoms with van der Waals surface area (Å²) in [5, 5.41) is 13.8. The molecule has 0 aliphatic carbocycles. The molecule has 1 atom stereocenters. The summed E-state index contributed by atoms with van der Waals surface area (Å²) in [4.78, 5) is 38.2. The zero-order chi connectivity index (χ0) is 30.1. The smallest absolute Gasteiger partial charge is 0.310 e. The number of hydrogen-bond donors (Lipinski definition) is 2. The highest BCUT2D eigenvalue weighted by Gasteiger charge is 2.42. The Kier molecular flexibility index (Phi) is 8.68. The molecule has 4 heterocycles. The number of benzene rings is 1. The second kappa shape index (κ2) is 12.1. The molecular weight excluding hydrogens is 532 g/mol. The number of rotatable bonds is 9. The fraction of sp³-hybridized carbons (Fsp3) is 0.562. The van der Waals surface area contributed by atoms with E-state index < -0.39 is 11.4 Å². The molecule has 0 radical (unpaired) electrons. The number of fused-ring (bicyclic) bond motifs is 1. The van der Waals surface area contributed by atoms with Gasteiger partial charge in [-0.2, -0.15) is 4.98 Å². The lowest BCUT2D eigenvalue weighted by Gasteiger charge is -2.50. The van der Waals surface area contributed by atoms with Crippen LogP contribution in [0.2, 0.25) is 0 Å². The van der Waals surface area contributed by atoms with Gasteiger partial charge in [0.1, 0.15) is 5.65 Å². The summed E-state index contributed by atoms with van der Waals surface area (Å²) < 4.78 is 7.49. The first-order chi connectivity index (χ1) is 20.0. The summed E-state index contributed by atoms with van der Waals surface area (Å²) in [7, 11) is 0. The first kappa shape index (κ1) is 30.1. The maximum absolute atomic E-state index is 12.5. The highest BCUT2D eigenvalue weighted by Crippen LogP contribution is 2.39. The number of carboxylic acid groups (broad SMARTS) is 1. The van der Waals surface area contributed by atoms with Crippen molar-refractivity contribution in [3.63, 3.8) is 0 Å². The maximum Gasteiger partial charge on any atom is 0.310 e. The number of hydrogen-bond acceptors (Lipinski definition) is 8. The molecule has 5 rings (SSSR count). The van der Waals surface area contributed by atoms with Crippen LogP contribution in [0, 0.1) is 5.41 Å². The van der Waals surface area contributed by atoms with Gasteiger partial charge in [-0.3, -0.25) is 24.0 Å². The van der Waals surface area contributed by atoms with E-state index in [1.165, 1.54) is 5.56 Å². The third-order valence-electron chi connectivity index (χ3n) is 8.97. The number of aromatic nitrogens is 3. The number of pyridine rings is 1. The van der Waals surface area contributed by atoms with Gasteiger partial charge in [-0.15, -0.1) is 0 Å². The Morgan fingerprint density at radius 1 is 1.05 bits per heavy atom. The molecule has 0 spiro atoms. The van der Waals surface area contributed by atoms with Crippen molar-refractivity contribution in [3.8, 4) is 0 Å². The van der Waals surface area contributed by atoms with Crippen LogP contribution in [0.25, 0.3) is 11.0 Å². The highest BCUT2D eigenvalue weighted by molar-refractivity contribution is 5.75. The topological polar surface area (TPSA) is 113 Å². The Morgan fingerprint density at radius 3 is 2.33 bits per heavy atom. The largest absolute Gasteiger partial charge is 0.481 e. The van der Waals surface area contributed by atoms with E-state index in [1.807, 2.05) is 13.8 Å². The van der Waals surface area contributed by atoms with E-state index in [-0.39, 0.29) is 23.2 Å². The van der Waals surface area contributed by atoms with Crippen LogP contribution in [-0.4, -0.2) is 81.3 Å². The summed E-state index contributed by atoms with van der Waals surface area (Å²) in [6.07, 6.45) is 3.63. The van der Waals surface area contributed by atoms with Gasteiger partial charge in [-0.25, -0.2) is 4.98 Å². The molecule has 2 saturated heterocycles. The Balaban J connectivity index is 1.31. The molecule has 0 bridgehead atoms. The van der Waals surface area contributed by atoms with Crippen LogP contribution in [0.4, 0.5) is 5.95 Å². The predicted octanol–water partition coefficient (Wildman–Crippen LogP) is 4.28. The van der Waals surface area contributed by atoms with Crippen LogP contribution in [-0.2, 0) is 15.1 Å². The SMILES string of the molecule is CC(C)n1c(=O)ccc2cnc(N[C@@H](C)c3ccc(C4(N5CCN(CC(C)(C)C(=O)O)CC5)CCOCC4)cc3)nc21. The molecule has 10 heteroatoms. The highest BCUT2D eigenvalue weighted by atomic mass is 16.5. The average Bonchev–Trinajstić information content (AvgIpc) is 2.97. The maximum atomic E-state index is 12.5. The van der Waals surface area contributed by atoms with Gasteiger partial charge in [0.15, 0.2) is 0 Å². The van der Waals surface area contributed by atoms with Crippen molar-refractivity contribution >= 4 is 23.0 Å². The van der Waals surface area contributed by atoms with Gasteiger partial charge in [0.25, 0.3) is 5.56 Å². The molecular formula is C32H44N6O4. The Hall–Kier alpha value is -3.34. The third kappa shape index (κ3) is 6.07. The fourth-order valence-electron chi connectivity index (χ4n) is 6.42. The first-order valence-corrected chi connectivity index (χ1v) is 15.0. The molecule has 10 nitrogen and oxygen atoms in total. The fourth-order valence-corrected chi connectivity index (χ4v) is 6.42. The molecule has 2 N–H and O–H groups in total. The van der Waals surface area contributed by atoms with Gasteiger partial charge in [0.05, 0.1) is 17.0 Å². The molecule has 2 aliphatic heterocycles. The van der Waals surface area contributed by atoms with Crippen molar-refractivity contribution in [2.75, 3.05) is 51.3 Å². The Labute approximate surface area is 247 Å². The number of aliphatic carboxylic acids is 1. The number of nitrogens with zero attached hydrogens (tertiary/aromatic N) is 5. The molecule has 2 aliphatic rings. The van der Waals surface area contributed by atoms with Gasteiger partial charge in [-0.1, -0.05) is 24.3 Å². The molecule has 0 amide bonds. The number of piperazine rings is 1. The number of anilines is 1. The van der Waals surface area contributed by atoms with Crippen molar-refractivity contribution < 1.29 is 14.6 Å². The predicted molar refractivity (Wildman–Crippen MR) is 164 cm³/mol. The summed E-state index contributed by atoms with van der Waals surface area (Å²) in [6, 6.07) is 12.1. The average molecular weight is 577 g/mol. The molecule has 2 fully saturated rings. The van der Waals surface area contributed by atoms with Crippen molar-refractivity contribution in [2.45, 2.75) is 65.1 Å². The van der Waals surface area contributed by atoms with Gasteiger partial charge in [0, 0.05) is 69.6 Å². The summed E-state index contributed by atoms with van der Waals surface area (Å²) in [5.41, 5.74) is 2.13. The second-order valence-corrected chi connectivity index (χ2v) is 12.7. The van der Waals surface area contributed by atoms with Gasteiger partial charge in [-0.05, 0) is 64.7 Å². The van der Waals surface area contributed by atoms with Crippen LogP contribution in [0.1, 0.15) is 70.7 Å². The zero-order valence-electron chi connectivity index (χ0n) is 25.5. The summed E-state index contributed by atoms with van der Waals surface area (Å²) >= 11 is 0. The minimum absolute atomic E-state index is 0.00834. The number of carbonyl (C=O) groups is 1. The normalized spacial score (nSPS) is 19.2. The zero-order valence-corrected chi connectivity index (χ0v) is 25.5. The molecule has 2 aromatic heterocycles.